The molecule has 0 bridgehead atoms. The van der Waals surface area contributed by atoms with Gasteiger partial charge in [0.1, 0.15) is 17.7 Å². The molecule has 0 aliphatic heterocycles. The summed E-state index contributed by atoms with van der Waals surface area (Å²) in [5.74, 6) is -0.0744. The highest BCUT2D eigenvalue weighted by molar-refractivity contribution is 5.85. The van der Waals surface area contributed by atoms with Gasteiger partial charge in [0.2, 0.25) is 5.91 Å². The highest BCUT2D eigenvalue weighted by Crippen LogP contribution is 2.15. The minimum atomic E-state index is -0.869. The summed E-state index contributed by atoms with van der Waals surface area (Å²) < 4.78 is 18.8. The largest absolute Gasteiger partial charge is 0.489 e. The summed E-state index contributed by atoms with van der Waals surface area (Å²) in [7, 11) is 0. The van der Waals surface area contributed by atoms with Gasteiger partial charge < -0.3 is 15.8 Å². The molecule has 1 amide bonds. The van der Waals surface area contributed by atoms with Crippen molar-refractivity contribution in [2.24, 2.45) is 5.73 Å². The first kappa shape index (κ1) is 20.7. The number of hydrogen-bond donors (Lipinski definition) is 2. The van der Waals surface area contributed by atoms with Gasteiger partial charge in [-0.05, 0) is 31.9 Å². The summed E-state index contributed by atoms with van der Waals surface area (Å²) in [5, 5.41) is 2.81. The van der Waals surface area contributed by atoms with Crippen LogP contribution in [0.5, 0.6) is 5.75 Å². The van der Waals surface area contributed by atoms with Gasteiger partial charge in [-0.25, -0.2) is 4.39 Å². The zero-order valence-corrected chi connectivity index (χ0v) is 14.2. The van der Waals surface area contributed by atoms with Crippen LogP contribution in [-0.2, 0) is 4.79 Å². The molecule has 6 heteroatoms. The van der Waals surface area contributed by atoms with Gasteiger partial charge in [0.15, 0.2) is 0 Å². The van der Waals surface area contributed by atoms with E-state index in [1.165, 1.54) is 12.1 Å². The van der Waals surface area contributed by atoms with Gasteiger partial charge in [-0.1, -0.05) is 26.3 Å². The maximum atomic E-state index is 13.1. The average Bonchev–Trinajstić information content (AvgIpc) is 2.43. The molecule has 0 aromatic heterocycles. The lowest BCUT2D eigenvalue weighted by Crippen LogP contribution is -2.53. The minimum Gasteiger partial charge on any atom is -0.489 e. The predicted molar refractivity (Wildman–Crippen MR) is 88.9 cm³/mol. The van der Waals surface area contributed by atoms with Crippen LogP contribution in [0.3, 0.4) is 0 Å². The third-order valence-corrected chi connectivity index (χ3v) is 3.33. The van der Waals surface area contributed by atoms with E-state index >= 15 is 0 Å². The van der Waals surface area contributed by atoms with E-state index < -0.39 is 5.54 Å². The summed E-state index contributed by atoms with van der Waals surface area (Å²) in [4.78, 5) is 12.0. The number of rotatable bonds is 8. The molecule has 1 aromatic carbocycles. The first-order valence-corrected chi connectivity index (χ1v) is 7.38. The van der Waals surface area contributed by atoms with E-state index in [0.29, 0.717) is 25.1 Å². The van der Waals surface area contributed by atoms with E-state index in [9.17, 15) is 9.18 Å². The lowest BCUT2D eigenvalue weighted by atomic mass is 9.96. The fourth-order valence-electron chi connectivity index (χ4n) is 2.04. The van der Waals surface area contributed by atoms with E-state index in [1.54, 1.807) is 19.1 Å². The number of carbonyl (C=O) groups is 1. The van der Waals surface area contributed by atoms with Crippen LogP contribution in [-0.4, -0.2) is 24.1 Å². The highest BCUT2D eigenvalue weighted by atomic mass is 35.5. The molecular weight excluding hydrogens is 307 g/mol. The van der Waals surface area contributed by atoms with Gasteiger partial charge in [0.25, 0.3) is 0 Å². The van der Waals surface area contributed by atoms with Crippen molar-refractivity contribution in [3.8, 4) is 5.75 Å². The van der Waals surface area contributed by atoms with Crippen LogP contribution in [0.2, 0.25) is 0 Å². The molecule has 1 aromatic rings. The van der Waals surface area contributed by atoms with Gasteiger partial charge in [-0.15, -0.1) is 12.4 Å². The normalized spacial score (nSPS) is 14.4. The topological polar surface area (TPSA) is 64.4 Å². The third-order valence-electron chi connectivity index (χ3n) is 3.33. The molecule has 0 fully saturated rings. The maximum Gasteiger partial charge on any atom is 0.239 e. The molecule has 0 heterocycles. The smallest absolute Gasteiger partial charge is 0.239 e. The van der Waals surface area contributed by atoms with E-state index in [1.807, 2.05) is 13.8 Å². The van der Waals surface area contributed by atoms with Crippen LogP contribution in [0.25, 0.3) is 0 Å². The zero-order valence-electron chi connectivity index (χ0n) is 13.4. The molecule has 0 aliphatic rings. The fraction of sp³-hybridized carbons (Fsp3) is 0.562. The van der Waals surface area contributed by atoms with Crippen LogP contribution < -0.4 is 15.8 Å². The molecule has 2 atom stereocenters. The molecule has 0 saturated heterocycles. The van der Waals surface area contributed by atoms with Gasteiger partial charge >= 0.3 is 0 Å². The van der Waals surface area contributed by atoms with Crippen LogP contribution in [0.1, 0.15) is 40.0 Å². The van der Waals surface area contributed by atoms with Crippen molar-refractivity contribution in [2.45, 2.75) is 51.7 Å². The van der Waals surface area contributed by atoms with E-state index in [2.05, 4.69) is 5.32 Å². The van der Waals surface area contributed by atoms with Gasteiger partial charge in [-0.2, -0.15) is 0 Å². The molecule has 2 unspecified atom stereocenters. The molecule has 1 rings (SSSR count). The number of halogens is 2. The van der Waals surface area contributed by atoms with Gasteiger partial charge in [-0.3, -0.25) is 4.79 Å². The molecule has 22 heavy (non-hydrogen) atoms. The van der Waals surface area contributed by atoms with Crippen LogP contribution in [0, 0.1) is 5.82 Å². The van der Waals surface area contributed by atoms with Gasteiger partial charge in [0.05, 0.1) is 12.1 Å². The van der Waals surface area contributed by atoms with Crippen LogP contribution in [0.4, 0.5) is 4.39 Å². The third kappa shape index (κ3) is 6.62. The number of carbonyl (C=O) groups excluding carboxylic acids is 1. The standard InChI is InChI=1S/C16H25FN2O2.ClH/c1-4-9-16(3,18)15(20)19-11-13(5-2)21-14-8-6-7-12(17)10-14;/h6-8,10,13H,4-5,9,11,18H2,1-3H3,(H,19,20);1H. The minimum absolute atomic E-state index is 0. The quantitative estimate of drug-likeness (QED) is 0.769. The number of nitrogens with one attached hydrogen (secondary N) is 1. The molecule has 0 aliphatic carbocycles. The Morgan fingerprint density at radius 1 is 1.45 bits per heavy atom. The molecule has 126 valence electrons. The predicted octanol–water partition coefficient (Wildman–Crippen LogP) is 3.04. The fourth-order valence-corrected chi connectivity index (χ4v) is 2.04. The molecular formula is C16H26ClFN2O2. The Morgan fingerprint density at radius 3 is 2.68 bits per heavy atom. The number of hydrogen-bond acceptors (Lipinski definition) is 3. The Morgan fingerprint density at radius 2 is 2.14 bits per heavy atom. The van der Waals surface area contributed by atoms with Crippen molar-refractivity contribution in [2.75, 3.05) is 6.54 Å². The second-order valence-corrected chi connectivity index (χ2v) is 5.48. The van der Waals surface area contributed by atoms with E-state index in [0.717, 1.165) is 6.42 Å². The molecule has 0 saturated carbocycles. The number of ether oxygens (including phenoxy) is 1. The van der Waals surface area contributed by atoms with Crippen LogP contribution >= 0.6 is 12.4 Å². The number of nitrogens with two attached hydrogens (primary N) is 1. The lowest BCUT2D eigenvalue weighted by Gasteiger charge is -2.25. The summed E-state index contributed by atoms with van der Waals surface area (Å²) in [6, 6.07) is 5.97. The number of benzene rings is 1. The van der Waals surface area contributed by atoms with Crippen molar-refractivity contribution in [3.05, 3.63) is 30.1 Å². The Hall–Kier alpha value is -1.33. The second kappa shape index (κ2) is 9.64. The molecule has 0 radical (unpaired) electrons. The summed E-state index contributed by atoms with van der Waals surface area (Å²) >= 11 is 0. The summed E-state index contributed by atoms with van der Waals surface area (Å²) in [6.45, 7) is 6.01. The lowest BCUT2D eigenvalue weighted by molar-refractivity contribution is -0.126. The molecule has 0 spiro atoms. The second-order valence-electron chi connectivity index (χ2n) is 5.48. The number of amides is 1. The Labute approximate surface area is 138 Å². The van der Waals surface area contributed by atoms with E-state index in [-0.39, 0.29) is 30.2 Å². The summed E-state index contributed by atoms with van der Waals surface area (Å²) in [5.41, 5.74) is 5.10. The SMILES string of the molecule is CCCC(C)(N)C(=O)NCC(CC)Oc1cccc(F)c1.Cl. The van der Waals surface area contributed by atoms with E-state index in [4.69, 9.17) is 10.5 Å². The van der Waals surface area contributed by atoms with Crippen molar-refractivity contribution in [1.29, 1.82) is 0 Å². The summed E-state index contributed by atoms with van der Waals surface area (Å²) in [6.07, 6.45) is 1.96. The monoisotopic (exact) mass is 332 g/mol. The maximum absolute atomic E-state index is 13.1. The van der Waals surface area contributed by atoms with Crippen molar-refractivity contribution < 1.29 is 13.9 Å². The van der Waals surface area contributed by atoms with Crippen molar-refractivity contribution in [3.63, 3.8) is 0 Å². The van der Waals surface area contributed by atoms with Gasteiger partial charge in [0, 0.05) is 6.07 Å². The van der Waals surface area contributed by atoms with Crippen molar-refractivity contribution in [1.82, 2.24) is 5.32 Å². The Balaban J connectivity index is 0.00000441. The Kier molecular flexibility index (Phi) is 9.06. The zero-order chi connectivity index (χ0) is 15.9. The highest BCUT2D eigenvalue weighted by Gasteiger charge is 2.27. The van der Waals surface area contributed by atoms with Crippen LogP contribution in [0.15, 0.2) is 24.3 Å². The van der Waals surface area contributed by atoms with Crippen molar-refractivity contribution >= 4 is 18.3 Å². The first-order chi connectivity index (χ1) is 9.89. The Bertz CT molecular complexity index is 469. The molecule has 3 N–H and O–H groups in total. The average molecular weight is 333 g/mol. The molecule has 4 nitrogen and oxygen atoms in total. The first-order valence-electron chi connectivity index (χ1n) is 7.38.